The van der Waals surface area contributed by atoms with Crippen LogP contribution in [0.4, 0.5) is 0 Å². The van der Waals surface area contributed by atoms with Crippen LogP contribution in [0.25, 0.3) is 5.57 Å². The number of halogens is 1. The summed E-state index contributed by atoms with van der Waals surface area (Å²) < 4.78 is 10.3. The molecule has 68 valence electrons. The summed E-state index contributed by atoms with van der Waals surface area (Å²) in [6.07, 6.45) is 0. The maximum absolute atomic E-state index is 6.03. The third-order valence-electron chi connectivity index (χ3n) is 2.18. The van der Waals surface area contributed by atoms with Crippen molar-refractivity contribution in [2.24, 2.45) is 0 Å². The highest BCUT2D eigenvalue weighted by atomic mass is 35.5. The molecule has 3 heteroatoms. The minimum absolute atomic E-state index is 0.628. The second kappa shape index (κ2) is 2.67. The molecular weight excluding hydrogens is 188 g/mol. The van der Waals surface area contributed by atoms with Crippen molar-refractivity contribution in [2.45, 2.75) is 0 Å². The highest BCUT2D eigenvalue weighted by molar-refractivity contribution is 6.36. The molecule has 0 bridgehead atoms. The van der Waals surface area contributed by atoms with Gasteiger partial charge in [-0.1, -0.05) is 18.2 Å². The summed E-state index contributed by atoms with van der Waals surface area (Å²) in [6, 6.07) is 1.78. The first-order valence-corrected chi connectivity index (χ1v) is 4.22. The van der Waals surface area contributed by atoms with Crippen molar-refractivity contribution in [2.75, 3.05) is 14.2 Å². The van der Waals surface area contributed by atoms with Crippen LogP contribution in [0.1, 0.15) is 11.1 Å². The predicted molar refractivity (Wildman–Crippen MR) is 52.7 cm³/mol. The van der Waals surface area contributed by atoms with Crippen LogP contribution in [0.5, 0.6) is 11.5 Å². The van der Waals surface area contributed by atoms with Gasteiger partial charge in [-0.15, -0.1) is 0 Å². The summed E-state index contributed by atoms with van der Waals surface area (Å²) in [6.45, 7) is 3.86. The maximum atomic E-state index is 6.03. The largest absolute Gasteiger partial charge is 0.496 e. The average molecular weight is 197 g/mol. The molecule has 0 fully saturated rings. The van der Waals surface area contributed by atoms with Crippen molar-refractivity contribution in [3.05, 3.63) is 28.8 Å². The van der Waals surface area contributed by atoms with Crippen LogP contribution < -0.4 is 9.47 Å². The van der Waals surface area contributed by atoms with Crippen LogP contribution in [-0.2, 0) is 0 Å². The van der Waals surface area contributed by atoms with Crippen molar-refractivity contribution >= 4 is 17.2 Å². The Labute approximate surface area is 81.7 Å². The van der Waals surface area contributed by atoms with Crippen LogP contribution in [0, 0.1) is 0 Å². The Balaban J connectivity index is 2.62. The lowest BCUT2D eigenvalue weighted by Gasteiger charge is -2.03. The van der Waals surface area contributed by atoms with Crippen molar-refractivity contribution < 1.29 is 9.47 Å². The molecule has 1 aromatic rings. The highest BCUT2D eigenvalue weighted by Crippen LogP contribution is 2.54. The van der Waals surface area contributed by atoms with Crippen molar-refractivity contribution in [3.8, 4) is 11.5 Å². The summed E-state index contributed by atoms with van der Waals surface area (Å²) in [4.78, 5) is 0. The topological polar surface area (TPSA) is 18.5 Å². The van der Waals surface area contributed by atoms with Gasteiger partial charge in [0, 0.05) is 17.2 Å². The Bertz CT molecular complexity index is 396. The summed E-state index contributed by atoms with van der Waals surface area (Å²) in [5.41, 5.74) is 2.94. The molecule has 1 aliphatic rings. The van der Waals surface area contributed by atoms with Crippen LogP contribution in [0.2, 0.25) is 5.02 Å². The quantitative estimate of drug-likeness (QED) is 0.736. The molecule has 2 nitrogen and oxygen atoms in total. The molecule has 1 aromatic carbocycles. The fourth-order valence-corrected chi connectivity index (χ4v) is 1.77. The maximum Gasteiger partial charge on any atom is 0.141 e. The van der Waals surface area contributed by atoms with E-state index >= 15 is 0 Å². The molecule has 0 saturated heterocycles. The van der Waals surface area contributed by atoms with Gasteiger partial charge in [-0.2, -0.15) is 0 Å². The molecule has 0 amide bonds. The smallest absolute Gasteiger partial charge is 0.141 e. The number of hydrogen-bond acceptors (Lipinski definition) is 2. The lowest BCUT2D eigenvalue weighted by molar-refractivity contribution is 0.395. The summed E-state index contributed by atoms with van der Waals surface area (Å²) >= 11 is 6.03. The van der Waals surface area contributed by atoms with Crippen molar-refractivity contribution in [1.82, 2.24) is 0 Å². The van der Waals surface area contributed by atoms with Crippen LogP contribution in [0.3, 0.4) is 0 Å². The molecule has 0 aromatic heterocycles. The van der Waals surface area contributed by atoms with Crippen LogP contribution >= 0.6 is 11.6 Å². The molecule has 0 heterocycles. The molecular formula is C10H9ClO2. The predicted octanol–water partition coefficient (Wildman–Crippen LogP) is 2.73. The fourth-order valence-electron chi connectivity index (χ4n) is 1.43. The van der Waals surface area contributed by atoms with E-state index in [0.29, 0.717) is 10.8 Å². The Kier molecular flexibility index (Phi) is 1.74. The van der Waals surface area contributed by atoms with E-state index in [1.54, 1.807) is 20.3 Å². The molecule has 0 radical (unpaired) electrons. The van der Waals surface area contributed by atoms with E-state index in [0.717, 1.165) is 22.4 Å². The second-order valence-corrected chi connectivity index (χ2v) is 3.20. The van der Waals surface area contributed by atoms with Gasteiger partial charge in [0.25, 0.3) is 0 Å². The zero-order valence-corrected chi connectivity index (χ0v) is 8.23. The van der Waals surface area contributed by atoms with Gasteiger partial charge in [0.15, 0.2) is 0 Å². The van der Waals surface area contributed by atoms with E-state index in [2.05, 4.69) is 6.58 Å². The van der Waals surface area contributed by atoms with Gasteiger partial charge in [-0.25, -0.2) is 0 Å². The van der Waals surface area contributed by atoms with E-state index in [4.69, 9.17) is 21.1 Å². The minimum Gasteiger partial charge on any atom is -0.496 e. The Morgan fingerprint density at radius 1 is 1.15 bits per heavy atom. The van der Waals surface area contributed by atoms with Gasteiger partial charge in [0.05, 0.1) is 19.2 Å². The van der Waals surface area contributed by atoms with Gasteiger partial charge in [-0.05, 0) is 5.57 Å². The molecule has 0 unspecified atom stereocenters. The normalized spacial score (nSPS) is 12.4. The number of rotatable bonds is 2. The van der Waals surface area contributed by atoms with Gasteiger partial charge in [0.1, 0.15) is 11.5 Å². The highest BCUT2D eigenvalue weighted by Gasteiger charge is 2.33. The molecule has 0 atom stereocenters. The summed E-state index contributed by atoms with van der Waals surface area (Å²) in [5, 5.41) is 0.628. The third kappa shape index (κ3) is 1.02. The van der Waals surface area contributed by atoms with Crippen LogP contribution in [0.15, 0.2) is 12.6 Å². The zero-order chi connectivity index (χ0) is 9.59. The molecule has 13 heavy (non-hydrogen) atoms. The molecule has 2 rings (SSSR count). The third-order valence-corrected chi connectivity index (χ3v) is 2.55. The van der Waals surface area contributed by atoms with E-state index in [-0.39, 0.29) is 0 Å². The minimum atomic E-state index is 0.628. The van der Waals surface area contributed by atoms with E-state index in [9.17, 15) is 0 Å². The molecule has 0 N–H and O–H groups in total. The zero-order valence-electron chi connectivity index (χ0n) is 7.48. The van der Waals surface area contributed by atoms with E-state index in [1.807, 2.05) is 0 Å². The Hall–Kier alpha value is -1.15. The standard InChI is InChI=1S/C10H9ClO2/c1-5-8-6(12-2)4-7(13-3)10(11)9(5)8/h4H,1H2,2-3H3. The molecule has 0 spiro atoms. The van der Waals surface area contributed by atoms with Gasteiger partial charge >= 0.3 is 0 Å². The van der Waals surface area contributed by atoms with E-state index in [1.165, 1.54) is 0 Å². The summed E-state index contributed by atoms with van der Waals surface area (Å²) in [5.74, 6) is 1.41. The summed E-state index contributed by atoms with van der Waals surface area (Å²) in [7, 11) is 3.20. The number of fused-ring (bicyclic) bond motifs is 1. The van der Waals surface area contributed by atoms with Gasteiger partial charge in [0.2, 0.25) is 0 Å². The van der Waals surface area contributed by atoms with Crippen molar-refractivity contribution in [1.29, 1.82) is 0 Å². The monoisotopic (exact) mass is 196 g/mol. The Morgan fingerprint density at radius 3 is 2.31 bits per heavy atom. The second-order valence-electron chi connectivity index (χ2n) is 2.82. The first-order valence-electron chi connectivity index (χ1n) is 3.84. The first-order chi connectivity index (χ1) is 6.20. The van der Waals surface area contributed by atoms with E-state index < -0.39 is 0 Å². The molecule has 1 aliphatic carbocycles. The molecule has 0 saturated carbocycles. The number of benzene rings is 1. The first kappa shape index (κ1) is 8.45. The van der Waals surface area contributed by atoms with Gasteiger partial charge in [-0.3, -0.25) is 0 Å². The lowest BCUT2D eigenvalue weighted by Crippen LogP contribution is -1.86. The Morgan fingerprint density at radius 2 is 1.77 bits per heavy atom. The molecule has 0 aliphatic heterocycles. The SMILES string of the molecule is C=C1c2c(OC)cc(OC)c(Cl)c21. The van der Waals surface area contributed by atoms with Crippen molar-refractivity contribution in [3.63, 3.8) is 0 Å². The van der Waals surface area contributed by atoms with Crippen LogP contribution in [-0.4, -0.2) is 14.2 Å². The number of hydrogen-bond donors (Lipinski definition) is 0. The average Bonchev–Trinajstić information content (AvgIpc) is 2.80. The fraction of sp³-hybridized carbons (Fsp3) is 0.200. The van der Waals surface area contributed by atoms with Gasteiger partial charge < -0.3 is 9.47 Å². The number of ether oxygens (including phenoxy) is 2. The number of methoxy groups -OCH3 is 2. The lowest BCUT2D eigenvalue weighted by atomic mass is 10.3.